The van der Waals surface area contributed by atoms with Crippen molar-refractivity contribution in [2.45, 2.75) is 0 Å². The summed E-state index contributed by atoms with van der Waals surface area (Å²) >= 11 is 17.9. The van der Waals surface area contributed by atoms with E-state index in [0.29, 0.717) is 16.0 Å². The molecule has 3 aromatic rings. The Bertz CT molecular complexity index is 962. The SMILES string of the molecule is O=C(Nc1c(Cl)cccc1Cl)c1cc2cc(Cl)ccc2oc1=O. The van der Waals surface area contributed by atoms with Crippen LogP contribution < -0.4 is 10.9 Å². The molecule has 3 rings (SSSR count). The molecular weight excluding hydrogens is 361 g/mol. The van der Waals surface area contributed by atoms with Gasteiger partial charge in [-0.2, -0.15) is 0 Å². The number of hydrogen-bond donors (Lipinski definition) is 1. The first kappa shape index (κ1) is 15.9. The summed E-state index contributed by atoms with van der Waals surface area (Å²) in [7, 11) is 0. The standard InChI is InChI=1S/C16H8Cl3NO3/c17-9-4-5-13-8(6-9)7-10(16(22)23-13)15(21)20-14-11(18)2-1-3-12(14)19/h1-7H,(H,20,21). The van der Waals surface area contributed by atoms with Crippen molar-refractivity contribution in [3.8, 4) is 0 Å². The number of carbonyl (C=O) groups is 1. The molecule has 1 amide bonds. The maximum atomic E-state index is 12.3. The van der Waals surface area contributed by atoms with E-state index in [1.54, 1.807) is 36.4 Å². The highest BCUT2D eigenvalue weighted by molar-refractivity contribution is 6.40. The molecule has 0 saturated carbocycles. The molecule has 0 aliphatic carbocycles. The molecule has 0 spiro atoms. The first-order valence-electron chi connectivity index (χ1n) is 6.44. The van der Waals surface area contributed by atoms with Crippen molar-refractivity contribution < 1.29 is 9.21 Å². The summed E-state index contributed by atoms with van der Waals surface area (Å²) in [6.45, 7) is 0. The van der Waals surface area contributed by atoms with Crippen LogP contribution in [0.1, 0.15) is 10.4 Å². The van der Waals surface area contributed by atoms with Gasteiger partial charge < -0.3 is 9.73 Å². The van der Waals surface area contributed by atoms with Gasteiger partial charge in [-0.1, -0.05) is 40.9 Å². The van der Waals surface area contributed by atoms with Crippen molar-refractivity contribution in [2.24, 2.45) is 0 Å². The number of hydrogen-bond acceptors (Lipinski definition) is 3. The lowest BCUT2D eigenvalue weighted by Crippen LogP contribution is -2.21. The summed E-state index contributed by atoms with van der Waals surface area (Å²) in [4.78, 5) is 24.3. The Labute approximate surface area is 145 Å². The summed E-state index contributed by atoms with van der Waals surface area (Å²) < 4.78 is 5.13. The molecule has 0 unspecified atom stereocenters. The third-order valence-electron chi connectivity index (χ3n) is 3.14. The van der Waals surface area contributed by atoms with Gasteiger partial charge in [-0.05, 0) is 36.4 Å². The number of anilines is 1. The van der Waals surface area contributed by atoms with E-state index in [2.05, 4.69) is 5.32 Å². The van der Waals surface area contributed by atoms with Crippen molar-refractivity contribution >= 4 is 57.4 Å². The monoisotopic (exact) mass is 367 g/mol. The molecule has 4 nitrogen and oxygen atoms in total. The number of carbonyl (C=O) groups excluding carboxylic acids is 1. The van der Waals surface area contributed by atoms with Crippen LogP contribution in [0.5, 0.6) is 0 Å². The molecule has 1 N–H and O–H groups in total. The van der Waals surface area contributed by atoms with Gasteiger partial charge in [0, 0.05) is 10.4 Å². The van der Waals surface area contributed by atoms with Gasteiger partial charge in [-0.3, -0.25) is 4.79 Å². The van der Waals surface area contributed by atoms with E-state index >= 15 is 0 Å². The fraction of sp³-hybridized carbons (Fsp3) is 0. The van der Waals surface area contributed by atoms with E-state index < -0.39 is 11.5 Å². The number of rotatable bonds is 2. The molecule has 1 heterocycles. The number of benzene rings is 2. The quantitative estimate of drug-likeness (QED) is 0.647. The van der Waals surface area contributed by atoms with E-state index in [1.807, 2.05) is 0 Å². The first-order valence-corrected chi connectivity index (χ1v) is 7.58. The van der Waals surface area contributed by atoms with Crippen molar-refractivity contribution in [3.05, 3.63) is 73.5 Å². The molecule has 2 aromatic carbocycles. The second kappa shape index (κ2) is 6.24. The van der Waals surface area contributed by atoms with Crippen LogP contribution in [0.3, 0.4) is 0 Å². The minimum Gasteiger partial charge on any atom is -0.422 e. The number of amides is 1. The van der Waals surface area contributed by atoms with Crippen molar-refractivity contribution in [3.63, 3.8) is 0 Å². The molecule has 0 atom stereocenters. The van der Waals surface area contributed by atoms with E-state index in [9.17, 15) is 9.59 Å². The van der Waals surface area contributed by atoms with Crippen molar-refractivity contribution in [1.29, 1.82) is 0 Å². The summed E-state index contributed by atoms with van der Waals surface area (Å²) in [5, 5.41) is 4.04. The Hall–Kier alpha value is -2.01. The molecule has 116 valence electrons. The predicted octanol–water partition coefficient (Wildman–Crippen LogP) is 5.01. The van der Waals surface area contributed by atoms with Crippen LogP contribution in [-0.2, 0) is 0 Å². The Balaban J connectivity index is 2.04. The van der Waals surface area contributed by atoms with Crippen LogP contribution in [0.4, 0.5) is 5.69 Å². The van der Waals surface area contributed by atoms with Gasteiger partial charge in [-0.25, -0.2) is 4.79 Å². The number of para-hydroxylation sites is 1. The fourth-order valence-corrected chi connectivity index (χ4v) is 2.72. The van der Waals surface area contributed by atoms with Crippen LogP contribution in [-0.4, -0.2) is 5.91 Å². The van der Waals surface area contributed by atoms with E-state index in [-0.39, 0.29) is 21.3 Å². The van der Waals surface area contributed by atoms with Gasteiger partial charge in [0.05, 0.1) is 15.7 Å². The highest BCUT2D eigenvalue weighted by Crippen LogP contribution is 2.30. The maximum Gasteiger partial charge on any atom is 0.349 e. The molecule has 0 radical (unpaired) electrons. The highest BCUT2D eigenvalue weighted by Gasteiger charge is 2.16. The van der Waals surface area contributed by atoms with Gasteiger partial charge in [0.1, 0.15) is 11.1 Å². The lowest BCUT2D eigenvalue weighted by Gasteiger charge is -2.09. The Kier molecular flexibility index (Phi) is 4.31. The van der Waals surface area contributed by atoms with Gasteiger partial charge >= 0.3 is 5.63 Å². The van der Waals surface area contributed by atoms with E-state index in [1.165, 1.54) is 6.07 Å². The topological polar surface area (TPSA) is 59.3 Å². The molecule has 0 saturated heterocycles. The second-order valence-electron chi connectivity index (χ2n) is 4.68. The van der Waals surface area contributed by atoms with Gasteiger partial charge in [0.2, 0.25) is 0 Å². The normalized spacial score (nSPS) is 10.7. The number of nitrogens with one attached hydrogen (secondary N) is 1. The zero-order valence-electron chi connectivity index (χ0n) is 11.4. The lowest BCUT2D eigenvalue weighted by atomic mass is 10.1. The van der Waals surface area contributed by atoms with Crippen molar-refractivity contribution in [2.75, 3.05) is 5.32 Å². The predicted molar refractivity (Wildman–Crippen MR) is 91.9 cm³/mol. The molecule has 7 heteroatoms. The van der Waals surface area contributed by atoms with Crippen LogP contribution in [0.2, 0.25) is 15.1 Å². The second-order valence-corrected chi connectivity index (χ2v) is 5.93. The minimum atomic E-state index is -0.763. The van der Waals surface area contributed by atoms with Crippen LogP contribution >= 0.6 is 34.8 Å². The molecule has 1 aromatic heterocycles. The lowest BCUT2D eigenvalue weighted by molar-refractivity contribution is 0.102. The minimum absolute atomic E-state index is 0.171. The molecular formula is C16H8Cl3NO3. The van der Waals surface area contributed by atoms with Crippen LogP contribution in [0.15, 0.2) is 51.7 Å². The molecule has 0 bridgehead atoms. The molecule has 0 aliphatic rings. The Morgan fingerprint density at radius 1 is 1.00 bits per heavy atom. The Morgan fingerprint density at radius 3 is 2.39 bits per heavy atom. The average molecular weight is 369 g/mol. The zero-order chi connectivity index (χ0) is 16.6. The summed E-state index contributed by atoms with van der Waals surface area (Å²) in [6.07, 6.45) is 0. The first-order chi connectivity index (χ1) is 11.0. The van der Waals surface area contributed by atoms with Gasteiger partial charge in [0.15, 0.2) is 0 Å². The summed E-state index contributed by atoms with van der Waals surface area (Å²) in [5.74, 6) is -0.671. The van der Waals surface area contributed by atoms with Crippen LogP contribution in [0, 0.1) is 0 Å². The molecule has 0 aliphatic heterocycles. The van der Waals surface area contributed by atoms with E-state index in [4.69, 9.17) is 39.2 Å². The fourth-order valence-electron chi connectivity index (χ4n) is 2.05. The highest BCUT2D eigenvalue weighted by atomic mass is 35.5. The third kappa shape index (κ3) is 3.20. The summed E-state index contributed by atoms with van der Waals surface area (Å²) in [5.41, 5.74) is -0.366. The van der Waals surface area contributed by atoms with E-state index in [0.717, 1.165) is 0 Å². The third-order valence-corrected chi connectivity index (χ3v) is 4.01. The number of halogens is 3. The van der Waals surface area contributed by atoms with Gasteiger partial charge in [-0.15, -0.1) is 0 Å². The molecule has 23 heavy (non-hydrogen) atoms. The summed E-state index contributed by atoms with van der Waals surface area (Å²) in [6, 6.07) is 11.0. The van der Waals surface area contributed by atoms with Gasteiger partial charge in [0.25, 0.3) is 5.91 Å². The van der Waals surface area contributed by atoms with Crippen molar-refractivity contribution in [1.82, 2.24) is 0 Å². The largest absolute Gasteiger partial charge is 0.422 e. The average Bonchev–Trinajstić information content (AvgIpc) is 2.50. The zero-order valence-corrected chi connectivity index (χ0v) is 13.7. The molecule has 0 fully saturated rings. The smallest absolute Gasteiger partial charge is 0.349 e. The number of fused-ring (bicyclic) bond motifs is 1. The maximum absolute atomic E-state index is 12.3. The van der Waals surface area contributed by atoms with Crippen LogP contribution in [0.25, 0.3) is 11.0 Å². The Morgan fingerprint density at radius 2 is 1.70 bits per heavy atom.